The SMILES string of the molecule is Nn1c(SCCC(=O)NCc2ccccc2Cl)nnc1-c1ccccc1Br. The van der Waals surface area contributed by atoms with Gasteiger partial charge in [-0.25, -0.2) is 4.68 Å². The second kappa shape index (κ2) is 9.25. The first kappa shape index (κ1) is 19.7. The Balaban J connectivity index is 1.52. The summed E-state index contributed by atoms with van der Waals surface area (Å²) in [7, 11) is 0. The fourth-order valence-corrected chi connectivity index (χ4v) is 3.82. The molecule has 6 nitrogen and oxygen atoms in total. The Morgan fingerprint density at radius 1 is 1.19 bits per heavy atom. The van der Waals surface area contributed by atoms with Gasteiger partial charge in [-0.05, 0) is 23.8 Å². The largest absolute Gasteiger partial charge is 0.352 e. The highest BCUT2D eigenvalue weighted by Gasteiger charge is 2.14. The predicted octanol–water partition coefficient (Wildman–Crippen LogP) is 3.87. The van der Waals surface area contributed by atoms with E-state index in [2.05, 4.69) is 31.4 Å². The van der Waals surface area contributed by atoms with Crippen LogP contribution in [-0.2, 0) is 11.3 Å². The molecule has 0 fully saturated rings. The number of thioether (sulfide) groups is 1. The maximum Gasteiger partial charge on any atom is 0.221 e. The van der Waals surface area contributed by atoms with Gasteiger partial charge in [0, 0.05) is 33.8 Å². The van der Waals surface area contributed by atoms with E-state index in [4.69, 9.17) is 17.4 Å². The summed E-state index contributed by atoms with van der Waals surface area (Å²) < 4.78 is 2.33. The van der Waals surface area contributed by atoms with E-state index in [9.17, 15) is 4.79 Å². The number of nitrogens with zero attached hydrogens (tertiary/aromatic N) is 3. The van der Waals surface area contributed by atoms with Crippen molar-refractivity contribution < 1.29 is 4.79 Å². The smallest absolute Gasteiger partial charge is 0.221 e. The van der Waals surface area contributed by atoms with Gasteiger partial charge in [0.2, 0.25) is 11.1 Å². The number of nitrogens with two attached hydrogens (primary N) is 1. The third kappa shape index (κ3) is 5.03. The zero-order valence-electron chi connectivity index (χ0n) is 14.2. The Morgan fingerprint density at radius 3 is 2.70 bits per heavy atom. The molecule has 0 saturated heterocycles. The summed E-state index contributed by atoms with van der Waals surface area (Å²) in [4.78, 5) is 12.0. The van der Waals surface area contributed by atoms with E-state index < -0.39 is 0 Å². The lowest BCUT2D eigenvalue weighted by Gasteiger charge is -2.07. The predicted molar refractivity (Wildman–Crippen MR) is 112 cm³/mol. The minimum Gasteiger partial charge on any atom is -0.352 e. The van der Waals surface area contributed by atoms with Crippen molar-refractivity contribution in [3.63, 3.8) is 0 Å². The first-order valence-electron chi connectivity index (χ1n) is 8.14. The van der Waals surface area contributed by atoms with Crippen molar-refractivity contribution in [2.24, 2.45) is 0 Å². The fraction of sp³-hybridized carbons (Fsp3) is 0.167. The zero-order chi connectivity index (χ0) is 19.2. The second-order valence-electron chi connectivity index (χ2n) is 5.62. The number of hydrogen-bond acceptors (Lipinski definition) is 5. The van der Waals surface area contributed by atoms with Crippen molar-refractivity contribution >= 4 is 45.2 Å². The lowest BCUT2D eigenvalue weighted by molar-refractivity contribution is -0.120. The average molecular weight is 467 g/mol. The highest BCUT2D eigenvalue weighted by atomic mass is 79.9. The highest BCUT2D eigenvalue weighted by Crippen LogP contribution is 2.28. The fourth-order valence-electron chi connectivity index (χ4n) is 2.36. The number of halogens is 2. The Morgan fingerprint density at radius 2 is 1.93 bits per heavy atom. The van der Waals surface area contributed by atoms with Crippen molar-refractivity contribution in [1.82, 2.24) is 20.2 Å². The minimum absolute atomic E-state index is 0.0588. The van der Waals surface area contributed by atoms with Crippen LogP contribution in [0.4, 0.5) is 0 Å². The molecule has 3 rings (SSSR count). The first-order valence-corrected chi connectivity index (χ1v) is 10.3. The number of hydrogen-bond donors (Lipinski definition) is 2. The van der Waals surface area contributed by atoms with Crippen LogP contribution in [0.1, 0.15) is 12.0 Å². The Labute approximate surface area is 174 Å². The molecule has 1 aromatic heterocycles. The molecule has 1 amide bonds. The van der Waals surface area contributed by atoms with Gasteiger partial charge in [0.05, 0.1) is 0 Å². The Bertz CT molecular complexity index is 949. The molecule has 2 aromatic carbocycles. The van der Waals surface area contributed by atoms with Crippen molar-refractivity contribution in [3.05, 3.63) is 63.6 Å². The summed E-state index contributed by atoms with van der Waals surface area (Å²) in [5.41, 5.74) is 1.75. The molecule has 0 spiro atoms. The molecule has 1 heterocycles. The number of aromatic nitrogens is 3. The maximum atomic E-state index is 12.0. The van der Waals surface area contributed by atoms with Crippen molar-refractivity contribution in [2.45, 2.75) is 18.1 Å². The molecular weight excluding hydrogens is 450 g/mol. The van der Waals surface area contributed by atoms with E-state index in [0.717, 1.165) is 15.6 Å². The molecular formula is C18H17BrClN5OS. The number of benzene rings is 2. The van der Waals surface area contributed by atoms with E-state index in [0.29, 0.717) is 34.7 Å². The van der Waals surface area contributed by atoms with E-state index in [1.165, 1.54) is 16.4 Å². The Kier molecular flexibility index (Phi) is 6.76. The molecule has 0 aliphatic rings. The summed E-state index contributed by atoms with van der Waals surface area (Å²) in [5.74, 6) is 7.15. The number of nitrogen functional groups attached to an aromatic ring is 1. The van der Waals surface area contributed by atoms with Crippen molar-refractivity contribution in [2.75, 3.05) is 11.6 Å². The van der Waals surface area contributed by atoms with E-state index >= 15 is 0 Å². The summed E-state index contributed by atoms with van der Waals surface area (Å²) >= 11 is 11.0. The summed E-state index contributed by atoms with van der Waals surface area (Å²) in [6, 6.07) is 15.1. The first-order chi connectivity index (χ1) is 13.1. The van der Waals surface area contributed by atoms with E-state index in [1.807, 2.05) is 42.5 Å². The quantitative estimate of drug-likeness (QED) is 0.408. The van der Waals surface area contributed by atoms with Crippen molar-refractivity contribution in [1.29, 1.82) is 0 Å². The molecule has 0 atom stereocenters. The molecule has 27 heavy (non-hydrogen) atoms. The number of amides is 1. The van der Waals surface area contributed by atoms with Crippen LogP contribution in [0.5, 0.6) is 0 Å². The topological polar surface area (TPSA) is 85.8 Å². The van der Waals surface area contributed by atoms with Gasteiger partial charge in [0.1, 0.15) is 0 Å². The maximum absolute atomic E-state index is 12.0. The van der Waals surface area contributed by atoms with Crippen LogP contribution in [0.25, 0.3) is 11.4 Å². The number of carbonyl (C=O) groups excluding carboxylic acids is 1. The van der Waals surface area contributed by atoms with Gasteiger partial charge < -0.3 is 11.2 Å². The third-order valence-corrected chi connectivity index (χ3v) is 5.78. The van der Waals surface area contributed by atoms with Gasteiger partial charge in [-0.2, -0.15) is 0 Å². The molecule has 0 saturated carbocycles. The van der Waals surface area contributed by atoms with Gasteiger partial charge in [-0.1, -0.05) is 69.6 Å². The summed E-state index contributed by atoms with van der Waals surface area (Å²) in [6.07, 6.45) is 0.340. The lowest BCUT2D eigenvalue weighted by atomic mass is 10.2. The summed E-state index contributed by atoms with van der Waals surface area (Å²) in [5, 5.41) is 12.3. The van der Waals surface area contributed by atoms with Crippen LogP contribution in [0.15, 0.2) is 58.2 Å². The third-order valence-electron chi connectivity index (χ3n) is 3.77. The minimum atomic E-state index is -0.0588. The molecule has 3 N–H and O–H groups in total. The number of rotatable bonds is 7. The molecule has 9 heteroatoms. The van der Waals surface area contributed by atoms with Crippen LogP contribution >= 0.6 is 39.3 Å². The van der Waals surface area contributed by atoms with Gasteiger partial charge in [0.25, 0.3) is 0 Å². The summed E-state index contributed by atoms with van der Waals surface area (Å²) in [6.45, 7) is 0.405. The van der Waals surface area contributed by atoms with Crippen LogP contribution < -0.4 is 11.2 Å². The normalized spacial score (nSPS) is 10.7. The van der Waals surface area contributed by atoms with Gasteiger partial charge in [-0.15, -0.1) is 10.2 Å². The van der Waals surface area contributed by atoms with Crippen LogP contribution in [0, 0.1) is 0 Å². The standard InChI is InChI=1S/C18H17BrClN5OS/c19-14-7-3-2-6-13(14)17-23-24-18(25(17)21)27-10-9-16(26)22-11-12-5-1-4-8-15(12)20/h1-8H,9-11,21H2,(H,22,26). The monoisotopic (exact) mass is 465 g/mol. The van der Waals surface area contributed by atoms with E-state index in [1.54, 1.807) is 6.07 Å². The molecule has 3 aromatic rings. The highest BCUT2D eigenvalue weighted by molar-refractivity contribution is 9.10. The molecule has 0 bridgehead atoms. The molecule has 0 radical (unpaired) electrons. The van der Waals surface area contributed by atoms with E-state index in [-0.39, 0.29) is 5.91 Å². The van der Waals surface area contributed by atoms with Crippen LogP contribution in [-0.4, -0.2) is 26.5 Å². The van der Waals surface area contributed by atoms with Crippen LogP contribution in [0.2, 0.25) is 5.02 Å². The average Bonchev–Trinajstić information content (AvgIpc) is 3.02. The Hall–Kier alpha value is -2.03. The zero-order valence-corrected chi connectivity index (χ0v) is 17.4. The van der Waals surface area contributed by atoms with Crippen LogP contribution in [0.3, 0.4) is 0 Å². The van der Waals surface area contributed by atoms with Gasteiger partial charge in [0.15, 0.2) is 5.82 Å². The molecule has 0 unspecified atom stereocenters. The molecule has 140 valence electrons. The van der Waals surface area contributed by atoms with Gasteiger partial charge >= 0.3 is 0 Å². The molecule has 0 aliphatic carbocycles. The lowest BCUT2D eigenvalue weighted by Crippen LogP contribution is -2.23. The van der Waals surface area contributed by atoms with Crippen molar-refractivity contribution in [3.8, 4) is 11.4 Å². The number of carbonyl (C=O) groups is 1. The van der Waals surface area contributed by atoms with Gasteiger partial charge in [-0.3, -0.25) is 4.79 Å². The second-order valence-corrected chi connectivity index (χ2v) is 7.95. The molecule has 0 aliphatic heterocycles. The number of nitrogens with one attached hydrogen (secondary N) is 1.